The van der Waals surface area contributed by atoms with E-state index in [9.17, 15) is 26.4 Å². The van der Waals surface area contributed by atoms with Crippen LogP contribution in [-0.4, -0.2) is 73.5 Å². The topological polar surface area (TPSA) is 82.6 Å². The predicted molar refractivity (Wildman–Crippen MR) is 171 cm³/mol. The van der Waals surface area contributed by atoms with Gasteiger partial charge in [0.25, 0.3) is 0 Å². The maximum Gasteiger partial charge on any atom is 0.432 e. The van der Waals surface area contributed by atoms with Crippen molar-refractivity contribution < 1.29 is 30.3 Å². The first kappa shape index (κ1) is 33.6. The van der Waals surface area contributed by atoms with Crippen LogP contribution in [0.25, 0.3) is 11.3 Å². The summed E-state index contributed by atoms with van der Waals surface area (Å²) in [6.07, 6.45) is -3.31. The smallest absolute Gasteiger partial charge is 0.354 e. The van der Waals surface area contributed by atoms with Gasteiger partial charge in [-0.2, -0.15) is 21.6 Å². The van der Waals surface area contributed by atoms with Crippen molar-refractivity contribution in [3.8, 4) is 11.3 Å². The molecule has 4 heterocycles. The number of alkyl halides is 3. The van der Waals surface area contributed by atoms with Gasteiger partial charge in [0.1, 0.15) is 18.4 Å². The molecule has 2 amide bonds. The molecule has 1 aromatic carbocycles. The molecule has 0 aliphatic carbocycles. The second-order valence-corrected chi connectivity index (χ2v) is 16.2. The number of pyridine rings is 1. The number of amides is 2. The van der Waals surface area contributed by atoms with Gasteiger partial charge in [0.15, 0.2) is 4.21 Å². The number of nitrogens with zero attached hydrogens (tertiary/aromatic N) is 4. The Kier molecular flexibility index (Phi) is 9.86. The maximum atomic E-state index is 13.9. The van der Waals surface area contributed by atoms with E-state index in [4.69, 9.17) is 16.6 Å². The number of piperazine rings is 1. The molecule has 0 spiro atoms. The number of hydrogen-bond acceptors (Lipinski definition) is 7. The number of halogens is 4. The van der Waals surface area contributed by atoms with Gasteiger partial charge in [-0.3, -0.25) is 4.90 Å². The van der Waals surface area contributed by atoms with Crippen LogP contribution in [0.3, 0.4) is 0 Å². The van der Waals surface area contributed by atoms with Gasteiger partial charge in [-0.05, 0) is 54.8 Å². The van der Waals surface area contributed by atoms with Crippen LogP contribution in [0.2, 0.25) is 4.34 Å². The van der Waals surface area contributed by atoms with Gasteiger partial charge in [0.2, 0.25) is 0 Å². The van der Waals surface area contributed by atoms with Crippen LogP contribution in [0, 0.1) is 5.92 Å². The number of anilines is 1. The van der Waals surface area contributed by atoms with Crippen LogP contribution in [-0.2, 0) is 22.7 Å². The summed E-state index contributed by atoms with van der Waals surface area (Å²) in [5, 5.41) is 2.88. The Bertz CT molecular complexity index is 1620. The van der Waals surface area contributed by atoms with E-state index in [1.165, 1.54) is 24.3 Å². The van der Waals surface area contributed by atoms with E-state index in [1.54, 1.807) is 13.0 Å². The molecule has 0 saturated carbocycles. The van der Waals surface area contributed by atoms with Gasteiger partial charge in [-0.15, -0.1) is 15.2 Å². The standard InChI is InChI=1S/C31H37ClF3N5O3S2/c1-21(2)20-38-12-14-39(15-13-38)28-18-23(17-26(37-28)24-6-8-25(9-7-24)31(33,34)35)19-36-30(41)40(16-4-5-22(40)3)45(42,43)29-11-10-27(32)44-29/h6-11,17-18,21-22H,4-5,12-16,19-20H2,1-3H3/p+1/t22-,40?/m1/s1. The molecule has 2 saturated heterocycles. The Morgan fingerprint density at radius 1 is 1.11 bits per heavy atom. The van der Waals surface area contributed by atoms with E-state index in [1.807, 2.05) is 6.07 Å². The monoisotopic (exact) mass is 684 g/mol. The van der Waals surface area contributed by atoms with E-state index >= 15 is 0 Å². The Hall–Kier alpha value is -2.71. The molecular weight excluding hydrogens is 647 g/mol. The number of thiophene rings is 1. The Morgan fingerprint density at radius 2 is 1.80 bits per heavy atom. The molecule has 0 bridgehead atoms. The zero-order valence-corrected chi connectivity index (χ0v) is 27.9. The molecule has 2 aromatic heterocycles. The van der Waals surface area contributed by atoms with Crippen molar-refractivity contribution in [2.75, 3.05) is 44.2 Å². The molecule has 1 N–H and O–H groups in total. The van der Waals surface area contributed by atoms with Crippen molar-refractivity contribution in [1.82, 2.24) is 15.2 Å². The molecule has 14 heteroatoms. The molecular formula is C31H38ClF3N5O3S2+. The molecule has 3 aromatic rings. The zero-order valence-electron chi connectivity index (χ0n) is 25.5. The number of nitrogens with one attached hydrogen (secondary N) is 1. The number of aromatic nitrogens is 1. The zero-order chi connectivity index (χ0) is 32.6. The lowest BCUT2D eigenvalue weighted by Gasteiger charge is -2.36. The fraction of sp³-hybridized carbons (Fsp3) is 0.484. The molecule has 2 fully saturated rings. The average molecular weight is 685 g/mol. The van der Waals surface area contributed by atoms with Gasteiger partial charge >= 0.3 is 22.2 Å². The lowest BCUT2D eigenvalue weighted by molar-refractivity contribution is -0.733. The summed E-state index contributed by atoms with van der Waals surface area (Å²) in [6, 6.07) is 10.3. The number of benzene rings is 1. The summed E-state index contributed by atoms with van der Waals surface area (Å²) in [4.78, 5) is 23.2. The van der Waals surface area contributed by atoms with E-state index in [2.05, 4.69) is 29.0 Å². The highest BCUT2D eigenvalue weighted by molar-refractivity contribution is 7.88. The van der Waals surface area contributed by atoms with Crippen molar-refractivity contribution >= 4 is 44.8 Å². The summed E-state index contributed by atoms with van der Waals surface area (Å²) in [5.74, 6) is 1.19. The second-order valence-electron chi connectivity index (χ2n) is 12.2. The number of carbonyl (C=O) groups excluding carboxylic acids is 1. The molecule has 2 atom stereocenters. The Balaban J connectivity index is 1.44. The number of quaternary nitrogens is 1. The van der Waals surface area contributed by atoms with Crippen molar-refractivity contribution in [1.29, 1.82) is 0 Å². The van der Waals surface area contributed by atoms with E-state index in [-0.39, 0.29) is 17.3 Å². The lowest BCUT2D eigenvalue weighted by atomic mass is 10.1. The molecule has 8 nitrogen and oxygen atoms in total. The van der Waals surface area contributed by atoms with Gasteiger partial charge in [0, 0.05) is 57.7 Å². The van der Waals surface area contributed by atoms with Gasteiger partial charge in [-0.25, -0.2) is 9.78 Å². The SMILES string of the molecule is CC(C)CN1CCN(c2cc(CNC(=O)[N+]3(S(=O)(=O)c4ccc(Cl)s4)CCC[C@H]3C)cc(-c3ccc(C(F)(F)F)cc3)n2)CC1. The van der Waals surface area contributed by atoms with Gasteiger partial charge in [0.05, 0.1) is 15.6 Å². The van der Waals surface area contributed by atoms with Crippen LogP contribution < -0.4 is 10.2 Å². The lowest BCUT2D eigenvalue weighted by Crippen LogP contribution is -2.62. The first-order valence-electron chi connectivity index (χ1n) is 15.0. The fourth-order valence-corrected chi connectivity index (χ4v) is 10.0. The van der Waals surface area contributed by atoms with Crippen LogP contribution in [0.4, 0.5) is 23.8 Å². The number of rotatable bonds is 8. The van der Waals surface area contributed by atoms with Crippen LogP contribution in [0.1, 0.15) is 44.7 Å². The van der Waals surface area contributed by atoms with E-state index in [0.29, 0.717) is 45.7 Å². The second kappa shape index (κ2) is 13.2. The summed E-state index contributed by atoms with van der Waals surface area (Å²) >= 11 is 6.99. The largest absolute Gasteiger partial charge is 0.432 e. The third kappa shape index (κ3) is 7.02. The molecule has 5 rings (SSSR count). The van der Waals surface area contributed by atoms with E-state index < -0.39 is 37.7 Å². The van der Waals surface area contributed by atoms with Gasteiger partial charge < -0.3 is 10.2 Å². The van der Waals surface area contributed by atoms with Crippen molar-refractivity contribution in [2.45, 2.75) is 56.6 Å². The highest BCUT2D eigenvalue weighted by atomic mass is 35.5. The molecule has 1 unspecified atom stereocenters. The molecule has 45 heavy (non-hydrogen) atoms. The van der Waals surface area contributed by atoms with E-state index in [0.717, 1.165) is 56.2 Å². The highest BCUT2D eigenvalue weighted by Gasteiger charge is 2.57. The number of likely N-dealkylation sites (tertiary alicyclic amines) is 1. The predicted octanol–water partition coefficient (Wildman–Crippen LogP) is 6.86. The first-order valence-corrected chi connectivity index (χ1v) is 17.7. The number of hydrogen-bond donors (Lipinski definition) is 1. The highest BCUT2D eigenvalue weighted by Crippen LogP contribution is 2.39. The van der Waals surface area contributed by atoms with Crippen LogP contribution in [0.5, 0.6) is 0 Å². The van der Waals surface area contributed by atoms with Crippen molar-refractivity contribution in [3.05, 3.63) is 64.0 Å². The third-order valence-electron chi connectivity index (χ3n) is 8.54. The molecule has 244 valence electrons. The molecule has 2 aliphatic rings. The van der Waals surface area contributed by atoms with Crippen molar-refractivity contribution in [3.63, 3.8) is 0 Å². The normalized spacial score (nSPS) is 21.4. The summed E-state index contributed by atoms with van der Waals surface area (Å²) in [7, 11) is -4.10. The fourth-order valence-electron chi connectivity index (χ4n) is 6.22. The summed E-state index contributed by atoms with van der Waals surface area (Å²) in [6.45, 7) is 10.4. The van der Waals surface area contributed by atoms with Gasteiger partial charge in [-0.1, -0.05) is 37.6 Å². The van der Waals surface area contributed by atoms with Crippen LogP contribution >= 0.6 is 22.9 Å². The van der Waals surface area contributed by atoms with Crippen molar-refractivity contribution in [2.24, 2.45) is 5.92 Å². The Labute approximate surface area is 271 Å². The first-order chi connectivity index (χ1) is 21.2. The maximum absolute atomic E-state index is 13.9. The molecule has 0 radical (unpaired) electrons. The number of urea groups is 1. The minimum absolute atomic E-state index is 0.0166. The average Bonchev–Trinajstić information content (AvgIpc) is 3.62. The third-order valence-corrected chi connectivity index (χ3v) is 12.7. The molecule has 2 aliphatic heterocycles. The summed E-state index contributed by atoms with van der Waals surface area (Å²) < 4.78 is 67.1. The summed E-state index contributed by atoms with van der Waals surface area (Å²) in [5.41, 5.74) is 0.881. The number of carbonyl (C=O) groups is 1. The minimum atomic E-state index is -4.46. The number of sulfonamides is 1. The minimum Gasteiger partial charge on any atom is -0.354 e. The quantitative estimate of drug-likeness (QED) is 0.261. The Morgan fingerprint density at radius 3 is 2.36 bits per heavy atom. The van der Waals surface area contributed by atoms with Crippen LogP contribution in [0.15, 0.2) is 52.7 Å².